The van der Waals surface area contributed by atoms with Gasteiger partial charge in [-0.2, -0.15) is 0 Å². The van der Waals surface area contributed by atoms with Gasteiger partial charge in [0, 0.05) is 28.9 Å². The number of aryl methyl sites for hydroxylation is 2. The number of hydrogen-bond acceptors (Lipinski definition) is 1. The summed E-state index contributed by atoms with van der Waals surface area (Å²) in [4.78, 5) is 4.36. The fourth-order valence-corrected chi connectivity index (χ4v) is 8.55. The van der Waals surface area contributed by atoms with Crippen LogP contribution in [0.4, 0.5) is 0 Å². The summed E-state index contributed by atoms with van der Waals surface area (Å²) in [6.07, 6.45) is 5.85. The highest BCUT2D eigenvalue weighted by atomic mass is 15.0. The maximum Gasteiger partial charge on any atom is 0.0541 e. The summed E-state index contributed by atoms with van der Waals surface area (Å²) in [5.74, 6) is 0. The predicted molar refractivity (Wildman–Crippen MR) is 216 cm³/mol. The zero-order chi connectivity index (χ0) is 34.3. The van der Waals surface area contributed by atoms with E-state index < -0.39 is 0 Å². The molecule has 2 heteroatoms. The number of nitrogens with zero attached hydrogens (tertiary/aromatic N) is 2. The van der Waals surface area contributed by atoms with Crippen LogP contribution >= 0.6 is 0 Å². The van der Waals surface area contributed by atoms with Gasteiger partial charge >= 0.3 is 0 Å². The largest absolute Gasteiger partial charge is 0.309 e. The van der Waals surface area contributed by atoms with Crippen LogP contribution in [0, 0.1) is 0 Å². The summed E-state index contributed by atoms with van der Waals surface area (Å²) >= 11 is 0. The van der Waals surface area contributed by atoms with Gasteiger partial charge in [0.2, 0.25) is 0 Å². The first kappa shape index (κ1) is 29.9. The van der Waals surface area contributed by atoms with Crippen molar-refractivity contribution in [3.63, 3.8) is 0 Å². The second kappa shape index (κ2) is 11.3. The standard InChI is InChI=1S/C49H38N2/c1-49(2,3)37-26-34-19-22-40-42(32-17-15-31(16-18-32)36-10-9-25-50-30-36)29-43(41-23-20-35(27-37)47(34)48(40)41)33-21-24-46-44(28-33)39-13-7-8-14-45(39)51(46)38-11-5-4-6-12-38/h4-18,20-21,23-30H,19,22H2,1-3H3. The van der Waals surface area contributed by atoms with Crippen molar-refractivity contribution in [3.8, 4) is 39.1 Å². The van der Waals surface area contributed by atoms with E-state index in [1.807, 2.05) is 18.5 Å². The van der Waals surface area contributed by atoms with Crippen molar-refractivity contribution < 1.29 is 0 Å². The Balaban J connectivity index is 1.25. The highest BCUT2D eigenvalue weighted by Gasteiger charge is 2.25. The molecule has 51 heavy (non-hydrogen) atoms. The Bertz CT molecular complexity index is 2800. The van der Waals surface area contributed by atoms with Crippen LogP contribution in [0.3, 0.4) is 0 Å². The van der Waals surface area contributed by atoms with Crippen LogP contribution in [0.5, 0.6) is 0 Å². The molecular formula is C49H38N2. The Kier molecular flexibility index (Phi) is 6.60. The van der Waals surface area contributed by atoms with Crippen molar-refractivity contribution in [3.05, 3.63) is 169 Å². The van der Waals surface area contributed by atoms with Gasteiger partial charge in [-0.05, 0) is 132 Å². The van der Waals surface area contributed by atoms with E-state index in [4.69, 9.17) is 0 Å². The fraction of sp³-hybridized carbons (Fsp3) is 0.122. The van der Waals surface area contributed by atoms with Gasteiger partial charge in [0.1, 0.15) is 0 Å². The lowest BCUT2D eigenvalue weighted by Crippen LogP contribution is -2.13. The minimum atomic E-state index is 0.0945. The summed E-state index contributed by atoms with van der Waals surface area (Å²) in [6.45, 7) is 6.98. The average molecular weight is 655 g/mol. The molecule has 2 nitrogen and oxygen atoms in total. The quantitative estimate of drug-likeness (QED) is 0.173. The highest BCUT2D eigenvalue weighted by Crippen LogP contribution is 2.47. The number of fused-ring (bicyclic) bond motifs is 3. The van der Waals surface area contributed by atoms with Gasteiger partial charge in [0.25, 0.3) is 0 Å². The van der Waals surface area contributed by atoms with E-state index in [1.54, 1.807) is 0 Å². The first-order valence-electron chi connectivity index (χ1n) is 18.1. The van der Waals surface area contributed by atoms with Crippen LogP contribution in [0.25, 0.3) is 82.4 Å². The predicted octanol–water partition coefficient (Wildman–Crippen LogP) is 12.9. The van der Waals surface area contributed by atoms with Crippen LogP contribution in [0.2, 0.25) is 0 Å². The zero-order valence-corrected chi connectivity index (χ0v) is 29.2. The molecule has 244 valence electrons. The molecule has 1 aliphatic rings. The number of aromatic nitrogens is 2. The molecule has 0 unspecified atom stereocenters. The van der Waals surface area contributed by atoms with Crippen LogP contribution in [0.15, 0.2) is 152 Å². The maximum atomic E-state index is 4.36. The van der Waals surface area contributed by atoms with Gasteiger partial charge in [-0.3, -0.25) is 4.98 Å². The second-order valence-corrected chi connectivity index (χ2v) is 15.2. The van der Waals surface area contributed by atoms with E-state index in [1.165, 1.54) is 93.5 Å². The third-order valence-corrected chi connectivity index (χ3v) is 11.1. The summed E-state index contributed by atoms with van der Waals surface area (Å²) in [6, 6.07) is 52.0. The molecule has 2 heterocycles. The van der Waals surface area contributed by atoms with Crippen LogP contribution in [-0.4, -0.2) is 9.55 Å². The minimum absolute atomic E-state index is 0.0945. The van der Waals surface area contributed by atoms with Gasteiger partial charge in [0.15, 0.2) is 0 Å². The maximum absolute atomic E-state index is 4.36. The Morgan fingerprint density at radius 2 is 1.29 bits per heavy atom. The molecule has 0 aliphatic heterocycles. The molecule has 7 aromatic carbocycles. The van der Waals surface area contributed by atoms with Gasteiger partial charge in [-0.1, -0.05) is 118 Å². The Morgan fingerprint density at radius 1 is 0.529 bits per heavy atom. The fourth-order valence-electron chi connectivity index (χ4n) is 8.55. The molecule has 0 radical (unpaired) electrons. The molecule has 0 N–H and O–H groups in total. The average Bonchev–Trinajstić information content (AvgIpc) is 3.50. The molecule has 2 aromatic heterocycles. The van der Waals surface area contributed by atoms with Crippen molar-refractivity contribution in [2.45, 2.75) is 39.0 Å². The van der Waals surface area contributed by atoms with Crippen LogP contribution in [-0.2, 0) is 18.3 Å². The first-order chi connectivity index (χ1) is 24.9. The Hall–Kier alpha value is -5.99. The molecular weight excluding hydrogens is 617 g/mol. The molecule has 0 saturated heterocycles. The van der Waals surface area contributed by atoms with Crippen molar-refractivity contribution >= 4 is 43.4 Å². The number of para-hydroxylation sites is 2. The van der Waals surface area contributed by atoms with E-state index in [2.05, 4.69) is 164 Å². The van der Waals surface area contributed by atoms with Crippen molar-refractivity contribution in [1.29, 1.82) is 0 Å². The van der Waals surface area contributed by atoms with Crippen LogP contribution < -0.4 is 0 Å². The van der Waals surface area contributed by atoms with Crippen molar-refractivity contribution in [2.24, 2.45) is 0 Å². The van der Waals surface area contributed by atoms with E-state index in [-0.39, 0.29) is 5.41 Å². The molecule has 0 atom stereocenters. The monoisotopic (exact) mass is 654 g/mol. The van der Waals surface area contributed by atoms with Crippen LogP contribution in [0.1, 0.15) is 37.5 Å². The molecule has 0 saturated carbocycles. The molecule has 9 aromatic rings. The Labute approximate surface area is 298 Å². The van der Waals surface area contributed by atoms with Crippen molar-refractivity contribution in [1.82, 2.24) is 9.55 Å². The van der Waals surface area contributed by atoms with E-state index in [9.17, 15) is 0 Å². The van der Waals surface area contributed by atoms with E-state index >= 15 is 0 Å². The number of benzene rings is 7. The van der Waals surface area contributed by atoms with E-state index in [0.717, 1.165) is 18.4 Å². The summed E-state index contributed by atoms with van der Waals surface area (Å²) in [5, 5.41) is 8.08. The number of rotatable bonds is 4. The molecule has 0 fully saturated rings. The van der Waals surface area contributed by atoms with Gasteiger partial charge in [-0.25, -0.2) is 0 Å². The Morgan fingerprint density at radius 3 is 2.10 bits per heavy atom. The molecule has 1 aliphatic carbocycles. The normalized spacial score (nSPS) is 12.8. The number of pyridine rings is 1. The second-order valence-electron chi connectivity index (χ2n) is 15.2. The summed E-state index contributed by atoms with van der Waals surface area (Å²) < 4.78 is 2.40. The molecule has 0 amide bonds. The van der Waals surface area contributed by atoms with Gasteiger partial charge in [-0.15, -0.1) is 0 Å². The zero-order valence-electron chi connectivity index (χ0n) is 29.2. The first-order valence-corrected chi connectivity index (χ1v) is 18.1. The minimum Gasteiger partial charge on any atom is -0.309 e. The highest BCUT2D eigenvalue weighted by molar-refractivity contribution is 6.19. The SMILES string of the molecule is CC(C)(C)c1cc2c3c(ccc4c(-c5ccc6c(c5)c5ccccc5n6-c5ccccc5)cc(-c5ccc(-c6cccnc6)cc5)c(c43)CC2)c1. The third kappa shape index (κ3) is 4.74. The van der Waals surface area contributed by atoms with E-state index in [0.29, 0.717) is 0 Å². The number of hydrogen-bond donors (Lipinski definition) is 0. The summed E-state index contributed by atoms with van der Waals surface area (Å²) in [5.41, 5.74) is 15.5. The molecule has 0 bridgehead atoms. The molecule has 0 spiro atoms. The third-order valence-electron chi connectivity index (χ3n) is 11.1. The lowest BCUT2D eigenvalue weighted by Gasteiger charge is -2.27. The van der Waals surface area contributed by atoms with Gasteiger partial charge < -0.3 is 4.57 Å². The lowest BCUT2D eigenvalue weighted by molar-refractivity contribution is 0.590. The lowest BCUT2D eigenvalue weighted by atomic mass is 9.77. The van der Waals surface area contributed by atoms with Crippen molar-refractivity contribution in [2.75, 3.05) is 0 Å². The topological polar surface area (TPSA) is 17.8 Å². The molecule has 10 rings (SSSR count). The smallest absolute Gasteiger partial charge is 0.0541 e. The summed E-state index contributed by atoms with van der Waals surface area (Å²) in [7, 11) is 0. The van der Waals surface area contributed by atoms with Gasteiger partial charge in [0.05, 0.1) is 11.0 Å².